The molecule has 0 bridgehead atoms. The van der Waals surface area contributed by atoms with Crippen LogP contribution in [-0.2, 0) is 0 Å². The molecule has 0 aliphatic carbocycles. The molecule has 7 heteroatoms. The van der Waals surface area contributed by atoms with Crippen molar-refractivity contribution in [3.05, 3.63) is 18.0 Å². The summed E-state index contributed by atoms with van der Waals surface area (Å²) in [6.45, 7) is -0.132. The maximum Gasteiger partial charge on any atom is 0.394 e. The molecule has 0 saturated carbocycles. The third-order valence-electron chi connectivity index (χ3n) is 2.28. The first-order valence-corrected chi connectivity index (χ1v) is 4.00. The van der Waals surface area contributed by atoms with Gasteiger partial charge in [-0.25, -0.2) is 0 Å². The summed E-state index contributed by atoms with van der Waals surface area (Å²) in [6.07, 6.45) is -3.28. The largest absolute Gasteiger partial charge is 0.394 e. The highest BCUT2D eigenvalue weighted by Crippen LogP contribution is 2.40. The van der Waals surface area contributed by atoms with Crippen molar-refractivity contribution < 1.29 is 17.7 Å². The molecular formula is C7H7F4N3. The zero-order valence-electron chi connectivity index (χ0n) is 6.92. The van der Waals surface area contributed by atoms with Crippen molar-refractivity contribution in [1.29, 1.82) is 0 Å². The SMILES string of the molecule is Fn1ccc(C2NCC2C(F)(F)F)n1. The van der Waals surface area contributed by atoms with Crippen LogP contribution in [0.15, 0.2) is 12.3 Å². The average Bonchev–Trinajstić information content (AvgIpc) is 2.29. The molecule has 1 fully saturated rings. The fraction of sp³-hybridized carbons (Fsp3) is 0.571. The summed E-state index contributed by atoms with van der Waals surface area (Å²) in [6, 6.07) is 0.322. The first kappa shape index (κ1) is 9.45. The Labute approximate surface area is 76.6 Å². The van der Waals surface area contributed by atoms with Crippen LogP contribution in [0.3, 0.4) is 0 Å². The first-order valence-electron chi connectivity index (χ1n) is 4.00. The Morgan fingerprint density at radius 1 is 1.50 bits per heavy atom. The topological polar surface area (TPSA) is 29.9 Å². The molecule has 0 radical (unpaired) electrons. The van der Waals surface area contributed by atoms with Gasteiger partial charge in [0.25, 0.3) is 0 Å². The summed E-state index contributed by atoms with van der Waals surface area (Å²) in [4.78, 5) is 0.00275. The quantitative estimate of drug-likeness (QED) is 0.709. The highest BCUT2D eigenvalue weighted by molar-refractivity contribution is 5.12. The lowest BCUT2D eigenvalue weighted by Crippen LogP contribution is -2.53. The lowest BCUT2D eigenvalue weighted by Gasteiger charge is -2.37. The van der Waals surface area contributed by atoms with E-state index in [4.69, 9.17) is 0 Å². The highest BCUT2D eigenvalue weighted by Gasteiger charge is 2.51. The second kappa shape index (κ2) is 2.94. The maximum atomic E-state index is 12.4. The fourth-order valence-corrected chi connectivity index (χ4v) is 1.45. The number of aromatic nitrogens is 2. The van der Waals surface area contributed by atoms with Crippen molar-refractivity contribution in [2.75, 3.05) is 6.54 Å². The van der Waals surface area contributed by atoms with Crippen LogP contribution in [0, 0.1) is 5.92 Å². The van der Waals surface area contributed by atoms with E-state index in [0.29, 0.717) is 0 Å². The van der Waals surface area contributed by atoms with E-state index in [0.717, 1.165) is 6.20 Å². The summed E-state index contributed by atoms with van der Waals surface area (Å²) in [5, 5.41) is 5.85. The smallest absolute Gasteiger partial charge is 0.307 e. The molecule has 1 aromatic heterocycles. The van der Waals surface area contributed by atoms with E-state index in [1.54, 1.807) is 0 Å². The molecular weight excluding hydrogens is 202 g/mol. The van der Waals surface area contributed by atoms with Crippen molar-refractivity contribution in [3.63, 3.8) is 0 Å². The van der Waals surface area contributed by atoms with Crippen LogP contribution < -0.4 is 5.32 Å². The van der Waals surface area contributed by atoms with E-state index in [1.807, 2.05) is 0 Å². The number of nitrogens with zero attached hydrogens (tertiary/aromatic N) is 2. The average molecular weight is 209 g/mol. The lowest BCUT2D eigenvalue weighted by atomic mass is 9.89. The molecule has 1 N–H and O–H groups in total. The van der Waals surface area contributed by atoms with Crippen molar-refractivity contribution in [1.82, 2.24) is 15.3 Å². The Bertz CT molecular complexity index is 332. The number of hydrogen-bond acceptors (Lipinski definition) is 2. The number of rotatable bonds is 1. The third kappa shape index (κ3) is 1.47. The Morgan fingerprint density at radius 2 is 2.21 bits per heavy atom. The van der Waals surface area contributed by atoms with Gasteiger partial charge in [-0.3, -0.25) is 0 Å². The van der Waals surface area contributed by atoms with E-state index in [1.165, 1.54) is 6.07 Å². The van der Waals surface area contributed by atoms with Gasteiger partial charge in [0.05, 0.1) is 23.9 Å². The highest BCUT2D eigenvalue weighted by atomic mass is 19.4. The molecule has 0 spiro atoms. The predicted molar refractivity (Wildman–Crippen MR) is 39.0 cm³/mol. The molecule has 78 valence electrons. The van der Waals surface area contributed by atoms with E-state index < -0.39 is 18.1 Å². The molecule has 2 atom stereocenters. The van der Waals surface area contributed by atoms with Gasteiger partial charge in [-0.2, -0.15) is 13.2 Å². The van der Waals surface area contributed by atoms with E-state index in [2.05, 4.69) is 10.4 Å². The molecule has 2 heterocycles. The summed E-state index contributed by atoms with van der Waals surface area (Å²) in [7, 11) is 0. The zero-order valence-corrected chi connectivity index (χ0v) is 6.92. The number of nitrogens with one attached hydrogen (secondary N) is 1. The van der Waals surface area contributed by atoms with Gasteiger partial charge >= 0.3 is 6.18 Å². The van der Waals surface area contributed by atoms with Gasteiger partial charge in [-0.1, -0.05) is 4.48 Å². The standard InChI is InChI=1S/C7H7F4N3/c8-7(9,10)4-3-12-6(4)5-1-2-14(11)13-5/h1-2,4,6,12H,3H2. The van der Waals surface area contributed by atoms with Crippen LogP contribution in [-0.4, -0.2) is 22.7 Å². The van der Waals surface area contributed by atoms with Crippen molar-refractivity contribution in [2.24, 2.45) is 5.92 Å². The molecule has 1 aliphatic heterocycles. The molecule has 0 amide bonds. The van der Waals surface area contributed by atoms with E-state index in [-0.39, 0.29) is 17.1 Å². The third-order valence-corrected chi connectivity index (χ3v) is 2.28. The molecule has 14 heavy (non-hydrogen) atoms. The predicted octanol–water partition coefficient (Wildman–Crippen LogP) is 1.44. The first-order chi connectivity index (χ1) is 6.48. The van der Waals surface area contributed by atoms with Crippen LogP contribution in [0.5, 0.6) is 0 Å². The fourth-order valence-electron chi connectivity index (χ4n) is 1.45. The molecule has 2 rings (SSSR count). The Morgan fingerprint density at radius 3 is 2.57 bits per heavy atom. The zero-order chi connectivity index (χ0) is 10.3. The molecule has 1 aliphatic rings. The minimum atomic E-state index is -4.25. The summed E-state index contributed by atoms with van der Waals surface area (Å²) < 4.78 is 49.2. The van der Waals surface area contributed by atoms with Crippen molar-refractivity contribution in [3.8, 4) is 0 Å². The van der Waals surface area contributed by atoms with Gasteiger partial charge in [-0.15, -0.1) is 10.0 Å². The Kier molecular flexibility index (Phi) is 1.99. The van der Waals surface area contributed by atoms with Crippen LogP contribution >= 0.6 is 0 Å². The Balaban J connectivity index is 2.14. The number of hydrogen-bond donors (Lipinski definition) is 1. The molecule has 0 aromatic carbocycles. The van der Waals surface area contributed by atoms with Crippen LogP contribution in [0.4, 0.5) is 17.7 Å². The molecule has 1 saturated heterocycles. The van der Waals surface area contributed by atoms with Gasteiger partial charge in [0.2, 0.25) is 0 Å². The minimum absolute atomic E-state index is 0.00275. The van der Waals surface area contributed by atoms with Crippen molar-refractivity contribution >= 4 is 0 Å². The van der Waals surface area contributed by atoms with Crippen LogP contribution in [0.25, 0.3) is 0 Å². The van der Waals surface area contributed by atoms with Gasteiger partial charge < -0.3 is 5.32 Å². The number of alkyl halides is 3. The second-order valence-corrected chi connectivity index (χ2v) is 3.16. The molecule has 3 nitrogen and oxygen atoms in total. The summed E-state index contributed by atoms with van der Waals surface area (Å²) in [5.74, 6) is -1.46. The van der Waals surface area contributed by atoms with Crippen LogP contribution in [0.2, 0.25) is 0 Å². The van der Waals surface area contributed by atoms with Gasteiger partial charge in [0.1, 0.15) is 0 Å². The Hall–Kier alpha value is -1.11. The monoisotopic (exact) mass is 209 g/mol. The van der Waals surface area contributed by atoms with Crippen molar-refractivity contribution in [2.45, 2.75) is 12.2 Å². The normalized spacial score (nSPS) is 27.4. The molecule has 1 aromatic rings. The van der Waals surface area contributed by atoms with Gasteiger partial charge in [0.15, 0.2) is 0 Å². The maximum absolute atomic E-state index is 12.4. The second-order valence-electron chi connectivity index (χ2n) is 3.16. The van der Waals surface area contributed by atoms with Crippen LogP contribution in [0.1, 0.15) is 11.7 Å². The van der Waals surface area contributed by atoms with E-state index in [9.17, 15) is 17.7 Å². The molecule has 2 unspecified atom stereocenters. The number of halogens is 4. The lowest BCUT2D eigenvalue weighted by molar-refractivity contribution is -0.200. The minimum Gasteiger partial charge on any atom is -0.307 e. The van der Waals surface area contributed by atoms with Gasteiger partial charge in [0, 0.05) is 6.54 Å². The summed E-state index contributed by atoms with van der Waals surface area (Å²) in [5.41, 5.74) is 0.0843. The van der Waals surface area contributed by atoms with E-state index >= 15 is 0 Å². The summed E-state index contributed by atoms with van der Waals surface area (Å²) >= 11 is 0. The van der Waals surface area contributed by atoms with Gasteiger partial charge in [-0.05, 0) is 6.07 Å².